The molecule has 0 radical (unpaired) electrons. The number of rotatable bonds is 3. The molecule has 76 valence electrons. The zero-order valence-electron chi connectivity index (χ0n) is 8.29. The van der Waals surface area contributed by atoms with Crippen LogP contribution < -0.4 is 0 Å². The molecule has 0 aliphatic heterocycles. The predicted octanol–water partition coefficient (Wildman–Crippen LogP) is 2.72. The molecule has 0 aliphatic rings. The maximum absolute atomic E-state index is 12.2. The monoisotopic (exact) mass is 196 g/mol. The highest BCUT2D eigenvalue weighted by molar-refractivity contribution is 5.89. The number of carbonyl (C=O) groups excluding carboxylic acids is 1. The van der Waals surface area contributed by atoms with Crippen LogP contribution in [0.4, 0.5) is 4.39 Å². The third kappa shape index (κ3) is 2.83. The van der Waals surface area contributed by atoms with E-state index in [2.05, 4.69) is 0 Å². The fourth-order valence-corrected chi connectivity index (χ4v) is 1.01. The summed E-state index contributed by atoms with van der Waals surface area (Å²) in [6, 6.07) is 6.30. The molecule has 0 N–H and O–H groups in total. The molecule has 1 aromatic carbocycles. The van der Waals surface area contributed by atoms with Crippen molar-refractivity contribution in [1.29, 1.82) is 0 Å². The average Bonchev–Trinajstić information content (AvgIpc) is 2.17. The van der Waals surface area contributed by atoms with Gasteiger partial charge in [-0.1, -0.05) is 12.1 Å². The summed E-state index contributed by atoms with van der Waals surface area (Å²) in [4.78, 5) is 11.3. The van der Waals surface area contributed by atoms with Crippen LogP contribution in [-0.4, -0.2) is 12.1 Å². The van der Waals surface area contributed by atoms with E-state index in [1.54, 1.807) is 38.1 Å². The third-order valence-corrected chi connectivity index (χ3v) is 1.69. The predicted molar refractivity (Wildman–Crippen MR) is 51.8 cm³/mol. The van der Waals surface area contributed by atoms with Crippen LogP contribution in [0.3, 0.4) is 0 Å². The van der Waals surface area contributed by atoms with Crippen molar-refractivity contribution in [3.05, 3.63) is 35.4 Å². The lowest BCUT2D eigenvalue weighted by atomic mass is 10.1. The summed E-state index contributed by atoms with van der Waals surface area (Å²) in [6.45, 7) is 3.06. The van der Waals surface area contributed by atoms with Crippen molar-refractivity contribution in [2.45, 2.75) is 26.6 Å². The smallest absolute Gasteiger partial charge is 0.338 e. The molecule has 0 unspecified atom stereocenters. The van der Waals surface area contributed by atoms with Crippen molar-refractivity contribution in [2.75, 3.05) is 0 Å². The number of carbonyl (C=O) groups is 1. The molecule has 0 saturated heterocycles. The van der Waals surface area contributed by atoms with Crippen molar-refractivity contribution in [2.24, 2.45) is 0 Å². The molecule has 0 aliphatic carbocycles. The van der Waals surface area contributed by atoms with Gasteiger partial charge in [-0.05, 0) is 31.5 Å². The van der Waals surface area contributed by atoms with Crippen LogP contribution in [0.15, 0.2) is 24.3 Å². The lowest BCUT2D eigenvalue weighted by Crippen LogP contribution is -2.11. The molecule has 2 nitrogen and oxygen atoms in total. The van der Waals surface area contributed by atoms with Crippen LogP contribution in [0.5, 0.6) is 0 Å². The second-order valence-corrected chi connectivity index (χ2v) is 3.28. The lowest BCUT2D eigenvalue weighted by molar-refractivity contribution is 0.0378. The van der Waals surface area contributed by atoms with Crippen LogP contribution in [0.2, 0.25) is 0 Å². The zero-order chi connectivity index (χ0) is 10.6. The van der Waals surface area contributed by atoms with E-state index in [9.17, 15) is 9.18 Å². The molecule has 0 saturated carbocycles. The highest BCUT2D eigenvalue weighted by Crippen LogP contribution is 2.08. The number of ether oxygens (including phenoxy) is 1. The number of halogens is 1. The van der Waals surface area contributed by atoms with Gasteiger partial charge in [-0.3, -0.25) is 0 Å². The molecule has 0 amide bonds. The molecule has 0 aromatic heterocycles. The molecular weight excluding hydrogens is 183 g/mol. The Kier molecular flexibility index (Phi) is 3.63. The van der Waals surface area contributed by atoms with E-state index in [1.165, 1.54) is 0 Å². The Morgan fingerprint density at radius 2 is 1.93 bits per heavy atom. The third-order valence-electron chi connectivity index (χ3n) is 1.69. The van der Waals surface area contributed by atoms with Gasteiger partial charge < -0.3 is 4.74 Å². The van der Waals surface area contributed by atoms with Gasteiger partial charge in [0.25, 0.3) is 0 Å². The van der Waals surface area contributed by atoms with Gasteiger partial charge in [-0.15, -0.1) is 0 Å². The maximum atomic E-state index is 12.2. The van der Waals surface area contributed by atoms with Crippen molar-refractivity contribution >= 4 is 5.97 Å². The molecule has 0 spiro atoms. The number of hydrogen-bond acceptors (Lipinski definition) is 2. The van der Waals surface area contributed by atoms with E-state index in [-0.39, 0.29) is 12.1 Å². The number of esters is 1. The van der Waals surface area contributed by atoms with Crippen LogP contribution in [0.1, 0.15) is 29.8 Å². The van der Waals surface area contributed by atoms with Gasteiger partial charge in [0.1, 0.15) is 6.67 Å². The minimum absolute atomic E-state index is 0.136. The van der Waals surface area contributed by atoms with Gasteiger partial charge in [-0.2, -0.15) is 0 Å². The molecule has 1 aromatic rings. The summed E-state index contributed by atoms with van der Waals surface area (Å²) in [5.74, 6) is -0.370. The highest BCUT2D eigenvalue weighted by atomic mass is 19.1. The van der Waals surface area contributed by atoms with Gasteiger partial charge in [0.2, 0.25) is 0 Å². The van der Waals surface area contributed by atoms with Gasteiger partial charge >= 0.3 is 5.97 Å². The van der Waals surface area contributed by atoms with Crippen molar-refractivity contribution in [3.8, 4) is 0 Å². The average molecular weight is 196 g/mol. The van der Waals surface area contributed by atoms with E-state index < -0.39 is 6.67 Å². The standard InChI is InChI=1S/C11H13FO2/c1-8(2)14-11(13)10-5-3-9(7-12)4-6-10/h3-6,8H,7H2,1-2H3. The second-order valence-electron chi connectivity index (χ2n) is 3.28. The number of alkyl halides is 1. The van der Waals surface area contributed by atoms with E-state index in [4.69, 9.17) is 4.74 Å². The Labute approximate surface area is 82.7 Å². The Bertz CT molecular complexity index is 304. The molecule has 0 bridgehead atoms. The van der Waals surface area contributed by atoms with Crippen molar-refractivity contribution < 1.29 is 13.9 Å². The lowest BCUT2D eigenvalue weighted by Gasteiger charge is -2.07. The number of benzene rings is 1. The topological polar surface area (TPSA) is 26.3 Å². The maximum Gasteiger partial charge on any atom is 0.338 e. The summed E-state index contributed by atoms with van der Waals surface area (Å²) in [6.07, 6.45) is -0.136. The minimum atomic E-state index is -0.514. The van der Waals surface area contributed by atoms with Gasteiger partial charge in [0.15, 0.2) is 0 Å². The summed E-state index contributed by atoms with van der Waals surface area (Å²) in [5, 5.41) is 0. The molecular formula is C11H13FO2. The summed E-state index contributed by atoms with van der Waals surface area (Å²) in [7, 11) is 0. The van der Waals surface area contributed by atoms with Crippen LogP contribution in [0, 0.1) is 0 Å². The van der Waals surface area contributed by atoms with E-state index in [0.29, 0.717) is 11.1 Å². The van der Waals surface area contributed by atoms with Crippen molar-refractivity contribution in [3.63, 3.8) is 0 Å². The Hall–Kier alpha value is -1.38. The van der Waals surface area contributed by atoms with Crippen LogP contribution in [0.25, 0.3) is 0 Å². The first-order chi connectivity index (χ1) is 6.63. The van der Waals surface area contributed by atoms with E-state index in [0.717, 1.165) is 0 Å². The Morgan fingerprint density at radius 3 is 2.36 bits per heavy atom. The molecule has 0 fully saturated rings. The minimum Gasteiger partial charge on any atom is -0.459 e. The second kappa shape index (κ2) is 4.74. The first-order valence-corrected chi connectivity index (χ1v) is 4.49. The van der Waals surface area contributed by atoms with E-state index in [1.807, 2.05) is 0 Å². The van der Waals surface area contributed by atoms with E-state index >= 15 is 0 Å². The first-order valence-electron chi connectivity index (χ1n) is 4.49. The summed E-state index contributed by atoms with van der Waals surface area (Å²) < 4.78 is 17.1. The largest absolute Gasteiger partial charge is 0.459 e. The van der Waals surface area contributed by atoms with Crippen LogP contribution in [-0.2, 0) is 11.4 Å². The highest BCUT2D eigenvalue weighted by Gasteiger charge is 2.08. The summed E-state index contributed by atoms with van der Waals surface area (Å²) in [5.41, 5.74) is 1.02. The first kappa shape index (κ1) is 10.7. The molecule has 14 heavy (non-hydrogen) atoms. The van der Waals surface area contributed by atoms with Gasteiger partial charge in [0, 0.05) is 0 Å². The summed E-state index contributed by atoms with van der Waals surface area (Å²) >= 11 is 0. The molecule has 0 atom stereocenters. The van der Waals surface area contributed by atoms with Gasteiger partial charge in [-0.25, -0.2) is 9.18 Å². The fourth-order valence-electron chi connectivity index (χ4n) is 1.01. The fraction of sp³-hybridized carbons (Fsp3) is 0.364. The van der Waals surface area contributed by atoms with Crippen LogP contribution >= 0.6 is 0 Å². The normalized spacial score (nSPS) is 10.3. The number of hydrogen-bond donors (Lipinski definition) is 0. The Balaban J connectivity index is 2.71. The van der Waals surface area contributed by atoms with Gasteiger partial charge in [0.05, 0.1) is 11.7 Å². The van der Waals surface area contributed by atoms with Crippen molar-refractivity contribution in [1.82, 2.24) is 0 Å². The SMILES string of the molecule is CC(C)OC(=O)c1ccc(CF)cc1. The quantitative estimate of drug-likeness (QED) is 0.695. The Morgan fingerprint density at radius 1 is 1.36 bits per heavy atom. The molecule has 1 rings (SSSR count). The molecule has 0 heterocycles. The zero-order valence-corrected chi connectivity index (χ0v) is 8.29. The molecule has 3 heteroatoms.